The van der Waals surface area contributed by atoms with Gasteiger partial charge in [-0.3, -0.25) is 4.79 Å². The van der Waals surface area contributed by atoms with Gasteiger partial charge in [-0.05, 0) is 54.6 Å². The minimum Gasteiger partial charge on any atom is -0.488 e. The van der Waals surface area contributed by atoms with Crippen molar-refractivity contribution in [3.05, 3.63) is 99.7 Å². The van der Waals surface area contributed by atoms with Gasteiger partial charge in [0.2, 0.25) is 0 Å². The van der Waals surface area contributed by atoms with Gasteiger partial charge in [0.1, 0.15) is 12.4 Å². The molecule has 4 rings (SSSR count). The van der Waals surface area contributed by atoms with Gasteiger partial charge in [-0.15, -0.1) is 11.3 Å². The molecular weight excluding hydrogens is 416 g/mol. The van der Waals surface area contributed by atoms with E-state index in [-0.39, 0.29) is 5.91 Å². The number of carbonyl (C=O) groups is 1. The van der Waals surface area contributed by atoms with Crippen LogP contribution in [0.3, 0.4) is 0 Å². The van der Waals surface area contributed by atoms with E-state index >= 15 is 0 Å². The normalized spacial score (nSPS) is 11.5. The zero-order chi connectivity index (χ0) is 22.3. The maximum Gasteiger partial charge on any atom is 0.271 e. The summed E-state index contributed by atoms with van der Waals surface area (Å²) in [6.45, 7) is 4.46. The lowest BCUT2D eigenvalue weighted by Crippen LogP contribution is -2.19. The number of carbonyl (C=O) groups excluding carboxylic acids is 1. The van der Waals surface area contributed by atoms with Gasteiger partial charge in [0.05, 0.1) is 10.6 Å². The van der Waals surface area contributed by atoms with Crippen LogP contribution in [0.2, 0.25) is 0 Å². The van der Waals surface area contributed by atoms with Gasteiger partial charge in [-0.25, -0.2) is 5.43 Å². The summed E-state index contributed by atoms with van der Waals surface area (Å²) < 4.78 is 6.06. The van der Waals surface area contributed by atoms with Crippen molar-refractivity contribution in [1.29, 1.82) is 0 Å². The summed E-state index contributed by atoms with van der Waals surface area (Å²) in [5.41, 5.74) is 4.96. The van der Waals surface area contributed by atoms with Crippen molar-refractivity contribution in [2.45, 2.75) is 33.3 Å². The Balaban J connectivity index is 1.41. The molecule has 0 aliphatic rings. The molecule has 1 N–H and O–H groups in total. The molecule has 0 bridgehead atoms. The van der Waals surface area contributed by atoms with Crippen LogP contribution in [0.5, 0.6) is 5.75 Å². The number of aryl methyl sites for hydroxylation is 1. The molecule has 1 amide bonds. The highest BCUT2D eigenvalue weighted by atomic mass is 32.1. The summed E-state index contributed by atoms with van der Waals surface area (Å²) in [5.74, 6) is 0.596. The number of benzene rings is 3. The van der Waals surface area contributed by atoms with Gasteiger partial charge < -0.3 is 4.74 Å². The van der Waals surface area contributed by atoms with E-state index in [0.717, 1.165) is 45.5 Å². The van der Waals surface area contributed by atoms with Gasteiger partial charge in [0.15, 0.2) is 0 Å². The molecular formula is C27H26N2O2S. The van der Waals surface area contributed by atoms with E-state index in [1.54, 1.807) is 17.4 Å². The predicted octanol–water partition coefficient (Wildman–Crippen LogP) is 6.59. The van der Waals surface area contributed by atoms with Gasteiger partial charge in [0, 0.05) is 15.8 Å². The summed E-state index contributed by atoms with van der Waals surface area (Å²) in [6, 6.07) is 25.8. The van der Waals surface area contributed by atoms with Crippen molar-refractivity contribution < 1.29 is 9.53 Å². The molecule has 0 atom stereocenters. The maximum atomic E-state index is 12.6. The smallest absolute Gasteiger partial charge is 0.271 e. The molecule has 4 aromatic rings. The minimum atomic E-state index is -0.235. The van der Waals surface area contributed by atoms with Gasteiger partial charge >= 0.3 is 0 Å². The summed E-state index contributed by atoms with van der Waals surface area (Å²) in [7, 11) is 0. The molecule has 0 fully saturated rings. The number of ether oxygens (including phenoxy) is 1. The van der Waals surface area contributed by atoms with Crippen molar-refractivity contribution >= 4 is 33.7 Å². The van der Waals surface area contributed by atoms with E-state index in [4.69, 9.17) is 4.74 Å². The number of hydrazone groups is 1. The number of nitrogens with zero attached hydrogens (tertiary/aromatic N) is 1. The largest absolute Gasteiger partial charge is 0.488 e. The lowest BCUT2D eigenvalue weighted by Gasteiger charge is -2.10. The standard InChI is InChI=1S/C27H26N2O2S/c1-3-8-23-15-16-26(32-23)19(2)28-29-27(30)22-12-6-9-20(17-22)18-31-25-14-7-11-21-10-4-5-13-24(21)25/h4-7,9-17H,3,8,18H2,1-2H3,(H,29,30)/b28-19-. The number of fused-ring (bicyclic) bond motifs is 1. The third-order valence-corrected chi connectivity index (χ3v) is 6.43. The molecule has 0 aliphatic heterocycles. The Morgan fingerprint density at radius 1 is 1.00 bits per heavy atom. The van der Waals surface area contributed by atoms with Crippen LogP contribution in [-0.2, 0) is 13.0 Å². The predicted molar refractivity (Wildman–Crippen MR) is 133 cm³/mol. The zero-order valence-electron chi connectivity index (χ0n) is 18.3. The summed E-state index contributed by atoms with van der Waals surface area (Å²) >= 11 is 1.72. The van der Waals surface area contributed by atoms with Gasteiger partial charge in [-0.2, -0.15) is 5.10 Å². The molecule has 1 aromatic heterocycles. The first-order valence-corrected chi connectivity index (χ1v) is 11.6. The van der Waals surface area contributed by atoms with Crippen LogP contribution < -0.4 is 10.2 Å². The summed E-state index contributed by atoms with van der Waals surface area (Å²) in [6.07, 6.45) is 2.19. The number of rotatable bonds is 8. The fourth-order valence-electron chi connectivity index (χ4n) is 3.49. The number of hydrogen-bond donors (Lipinski definition) is 1. The van der Waals surface area contributed by atoms with Crippen LogP contribution in [0, 0.1) is 0 Å². The third-order valence-electron chi connectivity index (χ3n) is 5.17. The van der Waals surface area contributed by atoms with Crippen LogP contribution in [-0.4, -0.2) is 11.6 Å². The molecule has 32 heavy (non-hydrogen) atoms. The molecule has 0 aliphatic carbocycles. The van der Waals surface area contributed by atoms with E-state index in [1.807, 2.05) is 55.5 Å². The van der Waals surface area contributed by atoms with Crippen LogP contribution in [0.25, 0.3) is 10.8 Å². The average molecular weight is 443 g/mol. The average Bonchev–Trinajstić information content (AvgIpc) is 3.30. The number of amides is 1. The number of nitrogens with one attached hydrogen (secondary N) is 1. The lowest BCUT2D eigenvalue weighted by molar-refractivity contribution is 0.0954. The Morgan fingerprint density at radius 2 is 1.81 bits per heavy atom. The van der Waals surface area contributed by atoms with E-state index in [0.29, 0.717) is 12.2 Å². The fourth-order valence-corrected chi connectivity index (χ4v) is 4.55. The van der Waals surface area contributed by atoms with Crippen molar-refractivity contribution in [2.24, 2.45) is 5.10 Å². The molecule has 0 unspecified atom stereocenters. The lowest BCUT2D eigenvalue weighted by atomic mass is 10.1. The first kappa shape index (κ1) is 21.8. The van der Waals surface area contributed by atoms with Crippen molar-refractivity contribution in [2.75, 3.05) is 0 Å². The number of thiophene rings is 1. The number of hydrogen-bond acceptors (Lipinski definition) is 4. The highest BCUT2D eigenvalue weighted by Gasteiger charge is 2.08. The minimum absolute atomic E-state index is 0.235. The van der Waals surface area contributed by atoms with Gasteiger partial charge in [0.25, 0.3) is 5.91 Å². The molecule has 0 saturated heterocycles. The van der Waals surface area contributed by atoms with E-state index in [9.17, 15) is 4.79 Å². The Labute approximate surface area is 192 Å². The van der Waals surface area contributed by atoms with E-state index in [1.165, 1.54) is 4.88 Å². The molecule has 1 heterocycles. The van der Waals surface area contributed by atoms with Crippen LogP contribution in [0.15, 0.2) is 84.0 Å². The maximum absolute atomic E-state index is 12.6. The summed E-state index contributed by atoms with van der Waals surface area (Å²) in [5, 5.41) is 6.51. The molecule has 3 aromatic carbocycles. The van der Waals surface area contributed by atoms with Gasteiger partial charge in [-0.1, -0.05) is 61.9 Å². The Kier molecular flexibility index (Phi) is 6.97. The Bertz CT molecular complexity index is 1250. The van der Waals surface area contributed by atoms with Crippen molar-refractivity contribution in [3.8, 4) is 5.75 Å². The van der Waals surface area contributed by atoms with Crippen molar-refractivity contribution in [3.63, 3.8) is 0 Å². The second-order valence-electron chi connectivity index (χ2n) is 7.62. The SMILES string of the molecule is CCCc1ccc(/C(C)=N\NC(=O)c2cccc(COc3cccc4ccccc34)c2)s1. The third kappa shape index (κ3) is 5.24. The fraction of sp³-hybridized carbons (Fsp3) is 0.185. The van der Waals surface area contributed by atoms with Crippen LogP contribution >= 0.6 is 11.3 Å². The molecule has 162 valence electrons. The molecule has 0 saturated carbocycles. The molecule has 5 heteroatoms. The second-order valence-corrected chi connectivity index (χ2v) is 8.79. The first-order chi connectivity index (χ1) is 15.6. The topological polar surface area (TPSA) is 50.7 Å². The monoisotopic (exact) mass is 442 g/mol. The second kappa shape index (κ2) is 10.2. The molecule has 0 radical (unpaired) electrons. The summed E-state index contributed by atoms with van der Waals surface area (Å²) in [4.78, 5) is 15.0. The Hall–Kier alpha value is -3.44. The zero-order valence-corrected chi connectivity index (χ0v) is 19.1. The van der Waals surface area contributed by atoms with E-state index < -0.39 is 0 Å². The van der Waals surface area contributed by atoms with E-state index in [2.05, 4.69) is 41.7 Å². The highest BCUT2D eigenvalue weighted by molar-refractivity contribution is 7.14. The highest BCUT2D eigenvalue weighted by Crippen LogP contribution is 2.26. The van der Waals surface area contributed by atoms with Crippen LogP contribution in [0.1, 0.15) is 45.9 Å². The molecule has 0 spiro atoms. The Morgan fingerprint density at radius 3 is 2.69 bits per heavy atom. The first-order valence-electron chi connectivity index (χ1n) is 10.8. The molecule has 4 nitrogen and oxygen atoms in total. The quantitative estimate of drug-likeness (QED) is 0.247. The van der Waals surface area contributed by atoms with Crippen LogP contribution in [0.4, 0.5) is 0 Å². The van der Waals surface area contributed by atoms with Crippen molar-refractivity contribution in [1.82, 2.24) is 5.43 Å².